The lowest BCUT2D eigenvalue weighted by molar-refractivity contribution is -0.121. The van der Waals surface area contributed by atoms with Crippen molar-refractivity contribution in [2.45, 2.75) is 32.5 Å². The van der Waals surface area contributed by atoms with Gasteiger partial charge in [-0.05, 0) is 24.6 Å². The summed E-state index contributed by atoms with van der Waals surface area (Å²) in [5.74, 6) is 0.801. The Morgan fingerprint density at radius 3 is 2.81 bits per heavy atom. The molecule has 0 bridgehead atoms. The van der Waals surface area contributed by atoms with Gasteiger partial charge >= 0.3 is 0 Å². The van der Waals surface area contributed by atoms with E-state index in [0.29, 0.717) is 32.5 Å². The van der Waals surface area contributed by atoms with Crippen LogP contribution in [-0.2, 0) is 31.5 Å². The van der Waals surface area contributed by atoms with E-state index < -0.39 is 0 Å². The highest BCUT2D eigenvalue weighted by Crippen LogP contribution is 2.10. The molecular formula is C18H22N6O2. The number of aromatic nitrogens is 5. The Hall–Kier alpha value is -3.16. The SMILES string of the molecule is Cn1ccc(CNC(=O)CCCn2cc(COc3ccccc3)nn2)n1. The highest BCUT2D eigenvalue weighted by molar-refractivity contribution is 5.75. The molecule has 0 aliphatic rings. The zero-order valence-electron chi connectivity index (χ0n) is 14.7. The van der Waals surface area contributed by atoms with E-state index in [1.54, 1.807) is 9.36 Å². The maximum absolute atomic E-state index is 11.9. The number of carbonyl (C=O) groups excluding carboxylic acids is 1. The normalized spacial score (nSPS) is 10.7. The Morgan fingerprint density at radius 1 is 1.19 bits per heavy atom. The fourth-order valence-corrected chi connectivity index (χ4v) is 2.42. The summed E-state index contributed by atoms with van der Waals surface area (Å²) in [4.78, 5) is 11.9. The van der Waals surface area contributed by atoms with E-state index in [1.807, 2.05) is 55.8 Å². The standard InChI is InChI=1S/C18H22N6O2/c1-23-11-9-15(21-23)12-19-18(25)8-5-10-24-13-16(20-22-24)14-26-17-6-3-2-4-7-17/h2-4,6-7,9,11,13H,5,8,10,12,14H2,1H3,(H,19,25). The molecule has 136 valence electrons. The zero-order valence-corrected chi connectivity index (χ0v) is 14.7. The largest absolute Gasteiger partial charge is 0.487 e. The summed E-state index contributed by atoms with van der Waals surface area (Å²) in [6, 6.07) is 11.5. The molecule has 0 atom stereocenters. The van der Waals surface area contributed by atoms with Crippen molar-refractivity contribution in [3.05, 3.63) is 60.2 Å². The van der Waals surface area contributed by atoms with Crippen molar-refractivity contribution in [2.75, 3.05) is 0 Å². The minimum atomic E-state index is 0.00315. The van der Waals surface area contributed by atoms with Crippen LogP contribution < -0.4 is 10.1 Å². The highest BCUT2D eigenvalue weighted by atomic mass is 16.5. The summed E-state index contributed by atoms with van der Waals surface area (Å²) < 4.78 is 9.08. The Bertz CT molecular complexity index is 827. The van der Waals surface area contributed by atoms with E-state index in [2.05, 4.69) is 20.7 Å². The van der Waals surface area contributed by atoms with Crippen molar-refractivity contribution in [1.82, 2.24) is 30.1 Å². The summed E-state index contributed by atoms with van der Waals surface area (Å²) in [5, 5.41) is 15.2. The molecular weight excluding hydrogens is 332 g/mol. The molecule has 8 nitrogen and oxygen atoms in total. The number of benzene rings is 1. The molecule has 26 heavy (non-hydrogen) atoms. The third-order valence-corrected chi connectivity index (χ3v) is 3.74. The first kappa shape index (κ1) is 17.7. The van der Waals surface area contributed by atoms with Crippen LogP contribution in [0.5, 0.6) is 5.75 Å². The number of hydrogen-bond donors (Lipinski definition) is 1. The van der Waals surface area contributed by atoms with Crippen LogP contribution in [0, 0.1) is 0 Å². The molecule has 2 heterocycles. The molecule has 0 radical (unpaired) electrons. The lowest BCUT2D eigenvalue weighted by Crippen LogP contribution is -2.23. The van der Waals surface area contributed by atoms with Gasteiger partial charge in [0.15, 0.2) is 0 Å². The van der Waals surface area contributed by atoms with Gasteiger partial charge < -0.3 is 10.1 Å². The van der Waals surface area contributed by atoms with Gasteiger partial charge in [-0.2, -0.15) is 5.10 Å². The zero-order chi connectivity index (χ0) is 18.2. The molecule has 8 heteroatoms. The number of hydrogen-bond acceptors (Lipinski definition) is 5. The number of nitrogens with one attached hydrogen (secondary N) is 1. The van der Waals surface area contributed by atoms with Crippen LogP contribution in [0.15, 0.2) is 48.8 Å². The minimum absolute atomic E-state index is 0.00315. The van der Waals surface area contributed by atoms with Crippen LogP contribution in [0.2, 0.25) is 0 Å². The van der Waals surface area contributed by atoms with E-state index in [1.165, 1.54) is 0 Å². The van der Waals surface area contributed by atoms with Gasteiger partial charge in [0, 0.05) is 26.2 Å². The van der Waals surface area contributed by atoms with Gasteiger partial charge in [-0.15, -0.1) is 5.10 Å². The Kier molecular flexibility index (Phi) is 5.97. The molecule has 0 aliphatic heterocycles. The number of rotatable bonds is 9. The van der Waals surface area contributed by atoms with Crippen LogP contribution in [0.3, 0.4) is 0 Å². The molecule has 3 aromatic rings. The molecule has 0 aliphatic carbocycles. The number of para-hydroxylation sites is 1. The lowest BCUT2D eigenvalue weighted by atomic mass is 10.3. The quantitative estimate of drug-likeness (QED) is 0.632. The van der Waals surface area contributed by atoms with Crippen LogP contribution in [0.1, 0.15) is 24.2 Å². The predicted octanol–water partition coefficient (Wildman–Crippen LogP) is 1.69. The van der Waals surface area contributed by atoms with Crippen molar-refractivity contribution in [2.24, 2.45) is 7.05 Å². The van der Waals surface area contributed by atoms with Crippen LogP contribution >= 0.6 is 0 Å². The Morgan fingerprint density at radius 2 is 2.04 bits per heavy atom. The molecule has 1 aromatic carbocycles. The van der Waals surface area contributed by atoms with Crippen molar-refractivity contribution >= 4 is 5.91 Å². The highest BCUT2D eigenvalue weighted by Gasteiger charge is 2.05. The smallest absolute Gasteiger partial charge is 0.220 e. The van der Waals surface area contributed by atoms with Gasteiger partial charge in [-0.1, -0.05) is 23.4 Å². The van der Waals surface area contributed by atoms with E-state index >= 15 is 0 Å². The van der Waals surface area contributed by atoms with E-state index in [9.17, 15) is 4.79 Å². The van der Waals surface area contributed by atoms with Gasteiger partial charge in [0.2, 0.25) is 5.91 Å². The van der Waals surface area contributed by atoms with Gasteiger partial charge in [-0.3, -0.25) is 14.2 Å². The Balaban J connectivity index is 1.34. The first-order chi connectivity index (χ1) is 12.7. The third kappa shape index (κ3) is 5.44. The molecule has 0 saturated heterocycles. The lowest BCUT2D eigenvalue weighted by Gasteiger charge is -2.03. The minimum Gasteiger partial charge on any atom is -0.487 e. The number of amides is 1. The van der Waals surface area contributed by atoms with Crippen LogP contribution in [0.25, 0.3) is 0 Å². The van der Waals surface area contributed by atoms with Gasteiger partial charge in [0.25, 0.3) is 0 Å². The van der Waals surface area contributed by atoms with Crippen molar-refractivity contribution in [1.29, 1.82) is 0 Å². The molecule has 0 saturated carbocycles. The molecule has 1 N–H and O–H groups in total. The predicted molar refractivity (Wildman–Crippen MR) is 95.1 cm³/mol. The second-order valence-corrected chi connectivity index (χ2v) is 5.94. The van der Waals surface area contributed by atoms with E-state index in [0.717, 1.165) is 17.1 Å². The maximum atomic E-state index is 11.9. The van der Waals surface area contributed by atoms with E-state index in [4.69, 9.17) is 4.74 Å². The molecule has 1 amide bonds. The second kappa shape index (κ2) is 8.80. The van der Waals surface area contributed by atoms with Gasteiger partial charge in [0.1, 0.15) is 18.1 Å². The number of nitrogens with zero attached hydrogens (tertiary/aromatic N) is 5. The third-order valence-electron chi connectivity index (χ3n) is 3.74. The topological polar surface area (TPSA) is 86.9 Å². The van der Waals surface area contributed by atoms with Crippen molar-refractivity contribution < 1.29 is 9.53 Å². The molecule has 3 rings (SSSR count). The first-order valence-corrected chi connectivity index (χ1v) is 8.51. The van der Waals surface area contributed by atoms with Gasteiger partial charge in [-0.25, -0.2) is 0 Å². The fourth-order valence-electron chi connectivity index (χ4n) is 2.42. The number of aryl methyl sites for hydroxylation is 2. The molecule has 0 fully saturated rings. The number of carbonyl (C=O) groups is 1. The monoisotopic (exact) mass is 354 g/mol. The average Bonchev–Trinajstić information content (AvgIpc) is 3.28. The Labute approximate surface area is 151 Å². The second-order valence-electron chi connectivity index (χ2n) is 5.94. The van der Waals surface area contributed by atoms with Crippen molar-refractivity contribution in [3.8, 4) is 5.75 Å². The summed E-state index contributed by atoms with van der Waals surface area (Å²) in [5.41, 5.74) is 1.61. The number of ether oxygens (including phenoxy) is 1. The molecule has 2 aromatic heterocycles. The van der Waals surface area contributed by atoms with Crippen LogP contribution in [-0.4, -0.2) is 30.7 Å². The molecule has 0 unspecified atom stereocenters. The summed E-state index contributed by atoms with van der Waals surface area (Å²) in [6.45, 7) is 1.45. The van der Waals surface area contributed by atoms with E-state index in [-0.39, 0.29) is 5.91 Å². The summed E-state index contributed by atoms with van der Waals surface area (Å²) in [6.07, 6.45) is 4.82. The average molecular weight is 354 g/mol. The molecule has 0 spiro atoms. The van der Waals surface area contributed by atoms with Crippen molar-refractivity contribution in [3.63, 3.8) is 0 Å². The van der Waals surface area contributed by atoms with Gasteiger partial charge in [0.05, 0.1) is 18.4 Å². The first-order valence-electron chi connectivity index (χ1n) is 8.51. The van der Waals surface area contributed by atoms with Crippen LogP contribution in [0.4, 0.5) is 0 Å². The summed E-state index contributed by atoms with van der Waals surface area (Å²) in [7, 11) is 1.85. The maximum Gasteiger partial charge on any atom is 0.220 e. The fraction of sp³-hybridized carbons (Fsp3) is 0.333. The summed E-state index contributed by atoms with van der Waals surface area (Å²) >= 11 is 0.